The molecule has 2 aromatic heterocycles. The molecule has 1 aliphatic rings. The second-order valence-electron chi connectivity index (χ2n) is 10.3. The van der Waals surface area contributed by atoms with Gasteiger partial charge in [-0.2, -0.15) is 0 Å². The topological polar surface area (TPSA) is 58.1 Å². The maximum Gasteiger partial charge on any atom is 0.240 e. The monoisotopic (exact) mass is 484 g/mol. The van der Waals surface area contributed by atoms with Gasteiger partial charge in [0, 0.05) is 37.4 Å². The molecule has 1 amide bonds. The molecule has 0 spiro atoms. The summed E-state index contributed by atoms with van der Waals surface area (Å²) in [5.41, 5.74) is 3.35. The number of amides is 1. The van der Waals surface area contributed by atoms with E-state index >= 15 is 0 Å². The number of hydrogen-bond acceptors (Lipinski definition) is 4. The highest BCUT2D eigenvalue weighted by Gasteiger charge is 2.45. The van der Waals surface area contributed by atoms with Crippen molar-refractivity contribution in [2.75, 3.05) is 7.05 Å². The Balaban J connectivity index is 1.40. The van der Waals surface area contributed by atoms with Crippen molar-refractivity contribution in [2.45, 2.75) is 82.3 Å². The number of rotatable bonds is 13. The number of aryl methyl sites for hydroxylation is 2. The molecular weight excluding hydrogens is 444 g/mol. The van der Waals surface area contributed by atoms with Crippen molar-refractivity contribution in [3.05, 3.63) is 96.1 Å². The second-order valence-corrected chi connectivity index (χ2v) is 10.3. The molecule has 1 fully saturated rings. The summed E-state index contributed by atoms with van der Waals surface area (Å²) < 4.78 is 0. The van der Waals surface area contributed by atoms with Crippen molar-refractivity contribution in [1.29, 1.82) is 0 Å². The van der Waals surface area contributed by atoms with E-state index in [0.717, 1.165) is 70.8 Å². The van der Waals surface area contributed by atoms with Gasteiger partial charge in [0.1, 0.15) is 5.54 Å². The van der Waals surface area contributed by atoms with E-state index in [4.69, 9.17) is 0 Å². The van der Waals surface area contributed by atoms with Crippen molar-refractivity contribution in [2.24, 2.45) is 0 Å². The lowest BCUT2D eigenvalue weighted by molar-refractivity contribution is -0.134. The maximum atomic E-state index is 13.9. The molecular formula is C31H40N4O. The molecule has 5 heteroatoms. The zero-order chi connectivity index (χ0) is 25.1. The van der Waals surface area contributed by atoms with Gasteiger partial charge >= 0.3 is 0 Å². The predicted molar refractivity (Wildman–Crippen MR) is 145 cm³/mol. The summed E-state index contributed by atoms with van der Waals surface area (Å²) in [5.74, 6) is 0.214. The highest BCUT2D eigenvalue weighted by Crippen LogP contribution is 2.36. The molecule has 1 N–H and O–H groups in total. The van der Waals surface area contributed by atoms with E-state index in [1.807, 2.05) is 43.0 Å². The zero-order valence-electron chi connectivity index (χ0n) is 21.6. The number of aromatic nitrogens is 2. The normalized spacial score (nSPS) is 14.9. The van der Waals surface area contributed by atoms with Crippen LogP contribution in [0.1, 0.15) is 68.1 Å². The Morgan fingerprint density at radius 1 is 0.861 bits per heavy atom. The molecule has 1 aliphatic carbocycles. The number of carbonyl (C=O) groups excluding carboxylic acids is 1. The Morgan fingerprint density at radius 3 is 1.94 bits per heavy atom. The fourth-order valence-electron chi connectivity index (χ4n) is 5.56. The average Bonchev–Trinajstić information content (AvgIpc) is 3.42. The lowest BCUT2D eigenvalue weighted by Gasteiger charge is -2.38. The van der Waals surface area contributed by atoms with Crippen molar-refractivity contribution in [1.82, 2.24) is 20.2 Å². The van der Waals surface area contributed by atoms with Crippen LogP contribution in [0.25, 0.3) is 0 Å². The van der Waals surface area contributed by atoms with Gasteiger partial charge in [0.05, 0.1) is 0 Å². The van der Waals surface area contributed by atoms with Crippen LogP contribution in [0, 0.1) is 0 Å². The summed E-state index contributed by atoms with van der Waals surface area (Å²) in [6, 6.07) is 18.9. The maximum absolute atomic E-state index is 13.9. The molecule has 2 heterocycles. The van der Waals surface area contributed by atoms with Gasteiger partial charge in [-0.15, -0.1) is 0 Å². The van der Waals surface area contributed by atoms with Crippen LogP contribution >= 0.6 is 0 Å². The molecule has 0 radical (unpaired) electrons. The summed E-state index contributed by atoms with van der Waals surface area (Å²) in [4.78, 5) is 24.7. The van der Waals surface area contributed by atoms with E-state index in [9.17, 15) is 4.79 Å². The number of hydrogen-bond donors (Lipinski definition) is 1. The number of pyridine rings is 2. The van der Waals surface area contributed by atoms with E-state index < -0.39 is 5.54 Å². The summed E-state index contributed by atoms with van der Waals surface area (Å²) in [6.45, 7) is 0.793. The SMILES string of the molecule is CN(Cc1ccccc1)C1(C(=O)NC(CCCc2cccnc2)CCCc2cccnc2)CCCC1. The van der Waals surface area contributed by atoms with E-state index in [1.54, 1.807) is 0 Å². The molecule has 1 aromatic carbocycles. The van der Waals surface area contributed by atoms with Gasteiger partial charge in [0.15, 0.2) is 0 Å². The standard InChI is InChI=1S/C31H40N4O/c1-35(25-28-11-3-2-4-12-28)31(19-5-6-20-31)30(36)34-29(17-7-13-26-15-9-21-32-23-26)18-8-14-27-16-10-22-33-24-27/h2-4,9-12,15-16,21-24,29H,5-8,13-14,17-20,25H2,1H3,(H,34,36). The fourth-order valence-corrected chi connectivity index (χ4v) is 5.56. The van der Waals surface area contributed by atoms with Crippen LogP contribution in [0.5, 0.6) is 0 Å². The Hall–Kier alpha value is -3.05. The van der Waals surface area contributed by atoms with Crippen LogP contribution in [0.3, 0.4) is 0 Å². The molecule has 36 heavy (non-hydrogen) atoms. The highest BCUT2D eigenvalue weighted by atomic mass is 16.2. The minimum atomic E-state index is -0.416. The molecule has 4 rings (SSSR count). The quantitative estimate of drug-likeness (QED) is 0.335. The Kier molecular flexibility index (Phi) is 9.62. The van der Waals surface area contributed by atoms with Crippen molar-refractivity contribution in [3.63, 3.8) is 0 Å². The summed E-state index contributed by atoms with van der Waals surface area (Å²) in [5, 5.41) is 3.53. The first-order valence-electron chi connectivity index (χ1n) is 13.5. The van der Waals surface area contributed by atoms with Crippen LogP contribution in [-0.2, 0) is 24.2 Å². The van der Waals surface area contributed by atoms with Crippen LogP contribution in [0.2, 0.25) is 0 Å². The third kappa shape index (κ3) is 7.23. The molecule has 0 atom stereocenters. The number of nitrogens with zero attached hydrogens (tertiary/aromatic N) is 3. The Morgan fingerprint density at radius 2 is 1.42 bits per heavy atom. The zero-order valence-corrected chi connectivity index (χ0v) is 21.6. The first-order valence-corrected chi connectivity index (χ1v) is 13.5. The first-order chi connectivity index (χ1) is 17.7. The van der Waals surface area contributed by atoms with E-state index in [2.05, 4.69) is 63.6 Å². The van der Waals surface area contributed by atoms with Gasteiger partial charge in [-0.25, -0.2) is 0 Å². The van der Waals surface area contributed by atoms with Gasteiger partial charge in [0.25, 0.3) is 0 Å². The Labute approximate surface area is 216 Å². The summed E-state index contributed by atoms with van der Waals surface area (Å²) >= 11 is 0. The van der Waals surface area contributed by atoms with E-state index in [0.29, 0.717) is 0 Å². The molecule has 3 aromatic rings. The third-order valence-corrected chi connectivity index (χ3v) is 7.66. The van der Waals surface area contributed by atoms with Crippen LogP contribution in [-0.4, -0.2) is 39.4 Å². The van der Waals surface area contributed by atoms with Crippen molar-refractivity contribution < 1.29 is 4.79 Å². The minimum Gasteiger partial charge on any atom is -0.352 e. The van der Waals surface area contributed by atoms with Gasteiger partial charge in [-0.05, 0) is 87.2 Å². The number of benzene rings is 1. The first kappa shape index (κ1) is 26.0. The van der Waals surface area contributed by atoms with Gasteiger partial charge in [0.2, 0.25) is 5.91 Å². The second kappa shape index (κ2) is 13.3. The fraction of sp³-hybridized carbons (Fsp3) is 0.452. The lowest BCUT2D eigenvalue weighted by Crippen LogP contribution is -2.57. The number of carbonyl (C=O) groups is 1. The minimum absolute atomic E-state index is 0.174. The highest BCUT2D eigenvalue weighted by molar-refractivity contribution is 5.87. The van der Waals surface area contributed by atoms with Gasteiger partial charge in [-0.3, -0.25) is 19.7 Å². The van der Waals surface area contributed by atoms with Gasteiger partial charge in [-0.1, -0.05) is 55.3 Å². The summed E-state index contributed by atoms with van der Waals surface area (Å²) in [6.07, 6.45) is 17.6. The predicted octanol–water partition coefficient (Wildman–Crippen LogP) is 5.75. The third-order valence-electron chi connectivity index (χ3n) is 7.66. The number of nitrogens with one attached hydrogen (secondary N) is 1. The molecule has 0 aliphatic heterocycles. The van der Waals surface area contributed by atoms with Crippen LogP contribution in [0.15, 0.2) is 79.4 Å². The largest absolute Gasteiger partial charge is 0.352 e. The van der Waals surface area contributed by atoms with Gasteiger partial charge < -0.3 is 5.32 Å². The number of likely N-dealkylation sites (N-methyl/N-ethyl adjacent to an activating group) is 1. The van der Waals surface area contributed by atoms with Crippen LogP contribution < -0.4 is 5.32 Å². The average molecular weight is 485 g/mol. The molecule has 1 saturated carbocycles. The van der Waals surface area contributed by atoms with E-state index in [-0.39, 0.29) is 11.9 Å². The molecule has 0 bridgehead atoms. The van der Waals surface area contributed by atoms with Crippen molar-refractivity contribution >= 4 is 5.91 Å². The lowest BCUT2D eigenvalue weighted by atomic mass is 9.92. The smallest absolute Gasteiger partial charge is 0.240 e. The molecule has 190 valence electrons. The molecule has 0 unspecified atom stereocenters. The summed E-state index contributed by atoms with van der Waals surface area (Å²) in [7, 11) is 2.12. The van der Waals surface area contributed by atoms with E-state index in [1.165, 1.54) is 16.7 Å². The van der Waals surface area contributed by atoms with Crippen molar-refractivity contribution in [3.8, 4) is 0 Å². The molecule has 0 saturated heterocycles. The molecule has 5 nitrogen and oxygen atoms in total. The van der Waals surface area contributed by atoms with Crippen LogP contribution in [0.4, 0.5) is 0 Å². The Bertz CT molecular complexity index is 990.